The molecule has 12 heavy (non-hydrogen) atoms. The van der Waals surface area contributed by atoms with Crippen LogP contribution >= 0.6 is 0 Å². The quantitative estimate of drug-likeness (QED) is 0.600. The maximum atomic E-state index is 10.9. The molecule has 0 unspecified atom stereocenters. The van der Waals surface area contributed by atoms with Crippen molar-refractivity contribution in [2.45, 2.75) is 26.1 Å². The van der Waals surface area contributed by atoms with Gasteiger partial charge < -0.3 is 4.74 Å². The number of nitrogens with zero attached hydrogens (tertiary/aromatic N) is 1. The van der Waals surface area contributed by atoms with Crippen LogP contribution in [0.4, 0.5) is 0 Å². The van der Waals surface area contributed by atoms with E-state index >= 15 is 0 Å². The zero-order valence-electron chi connectivity index (χ0n) is 7.23. The third-order valence-corrected chi connectivity index (χ3v) is 2.76. The second-order valence-corrected chi connectivity index (χ2v) is 4.67. The molecule has 1 heterocycles. The van der Waals surface area contributed by atoms with Gasteiger partial charge >= 0.3 is 0 Å². The first-order valence-electron chi connectivity index (χ1n) is 3.83. The molecular weight excluding hydrogens is 180 g/mol. The van der Waals surface area contributed by atoms with Crippen molar-refractivity contribution in [1.29, 1.82) is 0 Å². The minimum absolute atomic E-state index is 0.0768. The van der Waals surface area contributed by atoms with E-state index in [9.17, 15) is 8.42 Å². The Morgan fingerprint density at radius 3 is 2.08 bits per heavy atom. The molecule has 0 aromatic rings. The molecule has 0 aliphatic carbocycles. The molecule has 0 aromatic carbocycles. The predicted octanol–water partition coefficient (Wildman–Crippen LogP) is -0.701. The van der Waals surface area contributed by atoms with Gasteiger partial charge in [0.05, 0.1) is 12.2 Å². The van der Waals surface area contributed by atoms with Crippen LogP contribution in [-0.2, 0) is 14.9 Å². The Hall–Kier alpha value is -0.170. The number of morpholine rings is 1. The van der Waals surface area contributed by atoms with E-state index in [0.717, 1.165) is 0 Å². The van der Waals surface area contributed by atoms with E-state index in [2.05, 4.69) is 0 Å². The Balaban J connectivity index is 2.68. The molecule has 1 fully saturated rings. The van der Waals surface area contributed by atoms with Crippen molar-refractivity contribution in [3.05, 3.63) is 0 Å². The van der Waals surface area contributed by atoms with Crippen LogP contribution in [0.1, 0.15) is 13.8 Å². The summed E-state index contributed by atoms with van der Waals surface area (Å²) in [6.07, 6.45) is -0.154. The molecule has 0 aromatic heterocycles. The van der Waals surface area contributed by atoms with Gasteiger partial charge in [0.1, 0.15) is 0 Å². The lowest BCUT2D eigenvalue weighted by Crippen LogP contribution is -2.50. The monoisotopic (exact) mass is 194 g/mol. The highest BCUT2D eigenvalue weighted by Gasteiger charge is 2.28. The van der Waals surface area contributed by atoms with Gasteiger partial charge in [0.2, 0.25) is 0 Å². The summed E-state index contributed by atoms with van der Waals surface area (Å²) in [5.74, 6) is 0. The van der Waals surface area contributed by atoms with E-state index in [1.807, 2.05) is 13.8 Å². The van der Waals surface area contributed by atoms with Crippen molar-refractivity contribution in [2.24, 2.45) is 5.14 Å². The van der Waals surface area contributed by atoms with E-state index in [4.69, 9.17) is 9.88 Å². The highest BCUT2D eigenvalue weighted by atomic mass is 32.2. The van der Waals surface area contributed by atoms with Crippen molar-refractivity contribution in [1.82, 2.24) is 4.31 Å². The molecule has 72 valence electrons. The van der Waals surface area contributed by atoms with Crippen LogP contribution in [0.25, 0.3) is 0 Å². The summed E-state index contributed by atoms with van der Waals surface area (Å²) in [7, 11) is -3.54. The number of hydrogen-bond donors (Lipinski definition) is 1. The van der Waals surface area contributed by atoms with Crippen LogP contribution in [-0.4, -0.2) is 38.0 Å². The van der Waals surface area contributed by atoms with Gasteiger partial charge in [-0.15, -0.1) is 0 Å². The molecule has 0 saturated carbocycles. The van der Waals surface area contributed by atoms with Crippen molar-refractivity contribution in [2.75, 3.05) is 13.1 Å². The smallest absolute Gasteiger partial charge is 0.277 e. The fraction of sp³-hybridized carbons (Fsp3) is 1.00. The minimum Gasteiger partial charge on any atom is -0.373 e. The highest BCUT2D eigenvalue weighted by Crippen LogP contribution is 2.11. The van der Waals surface area contributed by atoms with E-state index in [-0.39, 0.29) is 12.2 Å². The van der Waals surface area contributed by atoms with E-state index < -0.39 is 10.2 Å². The van der Waals surface area contributed by atoms with Gasteiger partial charge in [0.15, 0.2) is 0 Å². The molecule has 0 bridgehead atoms. The maximum absolute atomic E-state index is 10.9. The zero-order valence-corrected chi connectivity index (χ0v) is 8.04. The summed E-state index contributed by atoms with van der Waals surface area (Å²) >= 11 is 0. The first kappa shape index (κ1) is 9.91. The molecule has 1 saturated heterocycles. The summed E-state index contributed by atoms with van der Waals surface area (Å²) in [4.78, 5) is 0. The molecule has 5 nitrogen and oxygen atoms in total. The summed E-state index contributed by atoms with van der Waals surface area (Å²) < 4.78 is 28.4. The SMILES string of the molecule is C[C@H]1CN(S(N)(=O)=O)C[C@H](C)O1. The predicted molar refractivity (Wildman–Crippen MR) is 44.7 cm³/mol. The molecule has 6 heteroatoms. The molecule has 2 atom stereocenters. The van der Waals surface area contributed by atoms with Gasteiger partial charge in [0, 0.05) is 13.1 Å². The second kappa shape index (κ2) is 3.29. The fourth-order valence-electron chi connectivity index (χ4n) is 1.34. The molecule has 2 N–H and O–H groups in total. The van der Waals surface area contributed by atoms with Crippen molar-refractivity contribution in [3.8, 4) is 0 Å². The number of hydrogen-bond acceptors (Lipinski definition) is 3. The third-order valence-electron chi connectivity index (χ3n) is 1.75. The van der Waals surface area contributed by atoms with Crippen LogP contribution in [0.15, 0.2) is 0 Å². The lowest BCUT2D eigenvalue weighted by molar-refractivity contribution is -0.0440. The van der Waals surface area contributed by atoms with Gasteiger partial charge in [-0.05, 0) is 13.8 Å². The maximum Gasteiger partial charge on any atom is 0.277 e. The summed E-state index contributed by atoms with van der Waals surface area (Å²) in [6, 6.07) is 0. The van der Waals surface area contributed by atoms with E-state index in [0.29, 0.717) is 13.1 Å². The lowest BCUT2D eigenvalue weighted by Gasteiger charge is -2.33. The third kappa shape index (κ3) is 2.41. The first-order valence-corrected chi connectivity index (χ1v) is 5.33. The zero-order chi connectivity index (χ0) is 9.35. The number of ether oxygens (including phenoxy) is 1. The first-order chi connectivity index (χ1) is 5.39. The lowest BCUT2D eigenvalue weighted by atomic mass is 10.3. The standard InChI is InChI=1S/C6H14N2O3S/c1-5-3-8(12(7,9)10)4-6(2)11-5/h5-6H,3-4H2,1-2H3,(H2,7,9,10)/t5-,6-/m0/s1. The van der Waals surface area contributed by atoms with Crippen LogP contribution in [0.5, 0.6) is 0 Å². The van der Waals surface area contributed by atoms with Crippen molar-refractivity contribution < 1.29 is 13.2 Å². The second-order valence-electron chi connectivity index (χ2n) is 3.12. The van der Waals surface area contributed by atoms with Crippen LogP contribution in [0.3, 0.4) is 0 Å². The average Bonchev–Trinajstić information content (AvgIpc) is 1.82. The van der Waals surface area contributed by atoms with E-state index in [1.54, 1.807) is 0 Å². The Kier molecular flexibility index (Phi) is 2.72. The van der Waals surface area contributed by atoms with Gasteiger partial charge in [-0.3, -0.25) is 0 Å². The van der Waals surface area contributed by atoms with Crippen LogP contribution in [0.2, 0.25) is 0 Å². The molecular formula is C6H14N2O3S. The van der Waals surface area contributed by atoms with Gasteiger partial charge in [-0.2, -0.15) is 12.7 Å². The molecule has 1 rings (SSSR count). The van der Waals surface area contributed by atoms with Gasteiger partial charge in [0.25, 0.3) is 10.2 Å². The molecule has 1 aliphatic rings. The summed E-state index contributed by atoms with van der Waals surface area (Å²) in [5.41, 5.74) is 0. The van der Waals surface area contributed by atoms with Crippen molar-refractivity contribution >= 4 is 10.2 Å². The normalized spacial score (nSPS) is 33.6. The van der Waals surface area contributed by atoms with Crippen molar-refractivity contribution in [3.63, 3.8) is 0 Å². The van der Waals surface area contributed by atoms with Crippen LogP contribution in [0, 0.1) is 0 Å². The van der Waals surface area contributed by atoms with E-state index in [1.165, 1.54) is 4.31 Å². The van der Waals surface area contributed by atoms with Crippen LogP contribution < -0.4 is 5.14 Å². The highest BCUT2D eigenvalue weighted by molar-refractivity contribution is 7.86. The Bertz CT molecular complexity index is 242. The molecule has 0 spiro atoms. The van der Waals surface area contributed by atoms with Gasteiger partial charge in [-0.1, -0.05) is 0 Å². The summed E-state index contributed by atoms with van der Waals surface area (Å²) in [5, 5.41) is 4.98. The number of rotatable bonds is 1. The summed E-state index contributed by atoms with van der Waals surface area (Å²) in [6.45, 7) is 4.36. The minimum atomic E-state index is -3.54. The molecule has 0 radical (unpaired) electrons. The Morgan fingerprint density at radius 1 is 1.33 bits per heavy atom. The largest absolute Gasteiger partial charge is 0.373 e. The average molecular weight is 194 g/mol. The Morgan fingerprint density at radius 2 is 1.75 bits per heavy atom. The molecule has 0 amide bonds. The topological polar surface area (TPSA) is 72.6 Å². The number of nitrogens with two attached hydrogens (primary N) is 1. The molecule has 1 aliphatic heterocycles. The fourth-order valence-corrected chi connectivity index (χ4v) is 2.17. The van der Waals surface area contributed by atoms with Gasteiger partial charge in [-0.25, -0.2) is 5.14 Å². The Labute approximate surface area is 72.7 Å².